The van der Waals surface area contributed by atoms with Gasteiger partial charge in [0.25, 0.3) is 0 Å². The van der Waals surface area contributed by atoms with Gasteiger partial charge in [0.2, 0.25) is 0 Å². The van der Waals surface area contributed by atoms with E-state index < -0.39 is 6.40 Å². The highest BCUT2D eigenvalue weighted by atomic mass is 16.1. The molecule has 0 amide bonds. The topological polar surface area (TPSA) is 17.1 Å². The molecule has 1 rings (SSSR count). The van der Waals surface area contributed by atoms with E-state index in [-0.39, 0.29) is 11.2 Å². The largest absolute Gasteiger partial charge is 0.300 e. The summed E-state index contributed by atoms with van der Waals surface area (Å²) in [7, 11) is 0. The lowest BCUT2D eigenvalue weighted by atomic mass is 9.72. The van der Waals surface area contributed by atoms with Gasteiger partial charge in [0.1, 0.15) is 5.78 Å². The van der Waals surface area contributed by atoms with Crippen molar-refractivity contribution < 1.29 is 6.17 Å². The Labute approximate surface area is 70.6 Å². The maximum Gasteiger partial charge on any atom is 0.132 e. The zero-order valence-corrected chi connectivity index (χ0v) is 7.68. The Kier molecular flexibility index (Phi) is 1.97. The highest BCUT2D eigenvalue weighted by Crippen LogP contribution is 2.36. The summed E-state index contributed by atoms with van der Waals surface area (Å²) >= 11 is 0. The van der Waals surface area contributed by atoms with Crippen molar-refractivity contribution >= 4 is 5.78 Å². The van der Waals surface area contributed by atoms with Crippen LogP contribution in [0.15, 0.2) is 0 Å². The second kappa shape index (κ2) is 2.96. The SMILES string of the molecule is [2H][C@@H]1CC(C(C)(C)C)CCC1=O. The van der Waals surface area contributed by atoms with Crippen molar-refractivity contribution in [1.82, 2.24) is 0 Å². The maximum atomic E-state index is 11.1. The van der Waals surface area contributed by atoms with Gasteiger partial charge in [-0.1, -0.05) is 20.8 Å². The Morgan fingerprint density at radius 2 is 2.09 bits per heavy atom. The maximum absolute atomic E-state index is 11.1. The van der Waals surface area contributed by atoms with E-state index in [1.807, 2.05) is 0 Å². The fraction of sp³-hybridized carbons (Fsp3) is 0.900. The molecule has 64 valence electrons. The van der Waals surface area contributed by atoms with Crippen LogP contribution in [-0.4, -0.2) is 5.78 Å². The van der Waals surface area contributed by atoms with Crippen LogP contribution in [0.4, 0.5) is 0 Å². The van der Waals surface area contributed by atoms with E-state index in [2.05, 4.69) is 20.8 Å². The van der Waals surface area contributed by atoms with Crippen LogP contribution in [0, 0.1) is 11.3 Å². The van der Waals surface area contributed by atoms with Crippen LogP contribution in [-0.2, 0) is 4.79 Å². The van der Waals surface area contributed by atoms with Gasteiger partial charge in [-0.2, -0.15) is 0 Å². The number of hydrogen-bond donors (Lipinski definition) is 0. The summed E-state index contributed by atoms with van der Waals surface area (Å²) in [6.07, 6.45) is 1.93. The molecule has 0 aromatic heterocycles. The molecule has 0 heterocycles. The standard InChI is InChI=1S/C10H18O/c1-10(2,3)8-4-6-9(11)7-5-8/h8H,4-7H2,1-3H3/i6D/t6-,8?/m1/s1. The molecule has 0 aromatic carbocycles. The van der Waals surface area contributed by atoms with Crippen LogP contribution >= 0.6 is 0 Å². The highest BCUT2D eigenvalue weighted by Gasteiger charge is 2.28. The molecule has 2 atom stereocenters. The van der Waals surface area contributed by atoms with Crippen LogP contribution in [0.1, 0.15) is 47.8 Å². The van der Waals surface area contributed by atoms with E-state index in [4.69, 9.17) is 1.37 Å². The summed E-state index contributed by atoms with van der Waals surface area (Å²) in [6, 6.07) is 0. The molecule has 0 aromatic rings. The third-order valence-electron chi connectivity index (χ3n) is 2.59. The lowest BCUT2D eigenvalue weighted by Crippen LogP contribution is -2.25. The predicted molar refractivity (Wildman–Crippen MR) is 46.4 cm³/mol. The van der Waals surface area contributed by atoms with Crippen molar-refractivity contribution in [3.8, 4) is 0 Å². The van der Waals surface area contributed by atoms with E-state index in [0.717, 1.165) is 12.8 Å². The predicted octanol–water partition coefficient (Wildman–Crippen LogP) is 2.79. The quantitative estimate of drug-likeness (QED) is 0.525. The molecule has 0 saturated heterocycles. The lowest BCUT2D eigenvalue weighted by Gasteiger charge is -2.33. The Morgan fingerprint density at radius 1 is 1.45 bits per heavy atom. The number of rotatable bonds is 0. The lowest BCUT2D eigenvalue weighted by molar-refractivity contribution is -0.121. The Bertz CT molecular complexity index is 181. The summed E-state index contributed by atoms with van der Waals surface area (Å²) in [6.45, 7) is 6.58. The molecule has 0 radical (unpaired) electrons. The second-order valence-electron chi connectivity index (χ2n) is 4.51. The average molecular weight is 155 g/mol. The van der Waals surface area contributed by atoms with Gasteiger partial charge in [-0.25, -0.2) is 0 Å². The zero-order chi connectivity index (χ0) is 9.35. The van der Waals surface area contributed by atoms with Crippen molar-refractivity contribution in [3.05, 3.63) is 0 Å². The first-order chi connectivity index (χ1) is 5.41. The van der Waals surface area contributed by atoms with E-state index in [1.54, 1.807) is 0 Å². The van der Waals surface area contributed by atoms with Crippen molar-refractivity contribution in [3.63, 3.8) is 0 Å². The molecule has 0 N–H and O–H groups in total. The van der Waals surface area contributed by atoms with Crippen molar-refractivity contribution in [1.29, 1.82) is 0 Å². The third kappa shape index (κ3) is 2.32. The van der Waals surface area contributed by atoms with Crippen molar-refractivity contribution in [2.45, 2.75) is 46.4 Å². The van der Waals surface area contributed by atoms with Crippen molar-refractivity contribution in [2.24, 2.45) is 11.3 Å². The summed E-state index contributed by atoms with van der Waals surface area (Å²) < 4.78 is 7.54. The summed E-state index contributed by atoms with van der Waals surface area (Å²) in [5.41, 5.74) is 0.264. The van der Waals surface area contributed by atoms with E-state index in [9.17, 15) is 4.79 Å². The normalized spacial score (nSPS) is 35.2. The van der Waals surface area contributed by atoms with Crippen LogP contribution in [0.3, 0.4) is 0 Å². The van der Waals surface area contributed by atoms with Gasteiger partial charge in [-0.3, -0.25) is 4.79 Å². The van der Waals surface area contributed by atoms with Gasteiger partial charge in [0.15, 0.2) is 0 Å². The third-order valence-corrected chi connectivity index (χ3v) is 2.59. The molecule has 1 saturated carbocycles. The van der Waals surface area contributed by atoms with Gasteiger partial charge < -0.3 is 0 Å². The van der Waals surface area contributed by atoms with E-state index in [1.165, 1.54) is 0 Å². The number of hydrogen-bond acceptors (Lipinski definition) is 1. The molecule has 1 fully saturated rings. The minimum absolute atomic E-state index is 0.135. The number of carbonyl (C=O) groups is 1. The van der Waals surface area contributed by atoms with Crippen LogP contribution in [0.5, 0.6) is 0 Å². The minimum Gasteiger partial charge on any atom is -0.300 e. The fourth-order valence-electron chi connectivity index (χ4n) is 1.60. The first-order valence-corrected chi connectivity index (χ1v) is 4.36. The molecule has 0 spiro atoms. The Morgan fingerprint density at radius 3 is 2.55 bits per heavy atom. The second-order valence-corrected chi connectivity index (χ2v) is 4.51. The molecule has 0 aliphatic heterocycles. The number of ketones is 1. The minimum atomic E-state index is -0.442. The highest BCUT2D eigenvalue weighted by molar-refractivity contribution is 5.79. The smallest absolute Gasteiger partial charge is 0.132 e. The molecular weight excluding hydrogens is 136 g/mol. The first-order valence-electron chi connectivity index (χ1n) is 4.94. The first kappa shape index (κ1) is 7.33. The molecule has 0 bridgehead atoms. The van der Waals surface area contributed by atoms with Gasteiger partial charge in [-0.05, 0) is 24.2 Å². The summed E-state index contributed by atoms with van der Waals surface area (Å²) in [4.78, 5) is 11.1. The number of carbonyl (C=O) groups excluding carboxylic acids is 1. The molecular formula is C10H18O. The van der Waals surface area contributed by atoms with Gasteiger partial charge in [-0.15, -0.1) is 0 Å². The molecule has 1 aliphatic carbocycles. The molecule has 1 aliphatic rings. The van der Waals surface area contributed by atoms with Gasteiger partial charge in [0.05, 0.1) is 0 Å². The molecule has 1 unspecified atom stereocenters. The van der Waals surface area contributed by atoms with Gasteiger partial charge >= 0.3 is 0 Å². The number of Topliss-reactive ketones (excluding diaryl/α,β-unsaturated/α-hetero) is 1. The zero-order valence-electron chi connectivity index (χ0n) is 8.68. The van der Waals surface area contributed by atoms with Crippen molar-refractivity contribution in [2.75, 3.05) is 0 Å². The van der Waals surface area contributed by atoms with Gasteiger partial charge in [0, 0.05) is 14.2 Å². The van der Waals surface area contributed by atoms with E-state index in [0.29, 0.717) is 12.3 Å². The Balaban J connectivity index is 2.57. The molecule has 11 heavy (non-hydrogen) atoms. The Hall–Kier alpha value is -0.330. The average Bonchev–Trinajstić information content (AvgIpc) is 1.92. The van der Waals surface area contributed by atoms with Crippen LogP contribution in [0.2, 0.25) is 0 Å². The molecule has 1 heteroatoms. The van der Waals surface area contributed by atoms with E-state index >= 15 is 0 Å². The monoisotopic (exact) mass is 155 g/mol. The summed E-state index contributed by atoms with van der Waals surface area (Å²) in [5.74, 6) is 0.688. The fourth-order valence-corrected chi connectivity index (χ4v) is 1.60. The summed E-state index contributed by atoms with van der Waals surface area (Å²) in [5, 5.41) is 0. The van der Waals surface area contributed by atoms with Crippen LogP contribution < -0.4 is 0 Å². The molecule has 1 nitrogen and oxygen atoms in total. The van der Waals surface area contributed by atoms with Crippen LogP contribution in [0.25, 0.3) is 0 Å².